The molecule has 1 unspecified atom stereocenters. The second kappa shape index (κ2) is 7.01. The van der Waals surface area contributed by atoms with Gasteiger partial charge in [0.2, 0.25) is 5.91 Å². The summed E-state index contributed by atoms with van der Waals surface area (Å²) in [6.07, 6.45) is 3.95. The van der Waals surface area contributed by atoms with E-state index >= 15 is 0 Å². The highest BCUT2D eigenvalue weighted by atomic mass is 32.1. The Balaban J connectivity index is 0.000000526. The zero-order valence-corrected chi connectivity index (χ0v) is 13.2. The molecule has 0 fully saturated rings. The first-order valence-corrected chi connectivity index (χ1v) is 7.85. The monoisotopic (exact) mass is 343 g/mol. The Morgan fingerprint density at radius 3 is 2.88 bits per heavy atom. The maximum atomic E-state index is 11.9. The molecule has 3 aromatic rings. The van der Waals surface area contributed by atoms with Gasteiger partial charge < -0.3 is 10.4 Å². The smallest absolute Gasteiger partial charge is 0.290 e. The molecule has 0 aliphatic carbocycles. The number of carboxylic acid groups (broad SMARTS) is 1. The highest BCUT2D eigenvalue weighted by Crippen LogP contribution is 2.41. The summed E-state index contributed by atoms with van der Waals surface area (Å²) >= 11 is 1.39. The van der Waals surface area contributed by atoms with Crippen LogP contribution in [-0.4, -0.2) is 37.0 Å². The van der Waals surface area contributed by atoms with E-state index < -0.39 is 0 Å². The molecule has 1 aliphatic rings. The van der Waals surface area contributed by atoms with E-state index in [9.17, 15) is 4.79 Å². The molecule has 0 radical (unpaired) electrons. The van der Waals surface area contributed by atoms with Gasteiger partial charge in [-0.1, -0.05) is 6.07 Å². The maximum Gasteiger partial charge on any atom is 0.290 e. The van der Waals surface area contributed by atoms with Crippen LogP contribution in [-0.2, 0) is 9.59 Å². The second-order valence-electron chi connectivity index (χ2n) is 4.94. The summed E-state index contributed by atoms with van der Waals surface area (Å²) in [4.78, 5) is 24.6. The van der Waals surface area contributed by atoms with Gasteiger partial charge in [-0.05, 0) is 29.2 Å². The summed E-state index contributed by atoms with van der Waals surface area (Å²) in [5, 5.41) is 18.9. The van der Waals surface area contributed by atoms with Gasteiger partial charge in [0, 0.05) is 35.7 Å². The zero-order chi connectivity index (χ0) is 16.9. The Bertz CT molecular complexity index is 832. The molecule has 4 rings (SSSR count). The number of anilines is 1. The van der Waals surface area contributed by atoms with Crippen molar-refractivity contribution in [1.29, 1.82) is 0 Å². The van der Waals surface area contributed by atoms with Crippen LogP contribution in [0.15, 0.2) is 36.0 Å². The van der Waals surface area contributed by atoms with Crippen LogP contribution in [0.1, 0.15) is 23.5 Å². The average Bonchev–Trinajstić information content (AvgIpc) is 3.25. The summed E-state index contributed by atoms with van der Waals surface area (Å²) in [5.41, 5.74) is 3.68. The highest BCUT2D eigenvalue weighted by molar-refractivity contribution is 7.03. The molecule has 9 heteroatoms. The van der Waals surface area contributed by atoms with Gasteiger partial charge in [0.25, 0.3) is 6.47 Å². The molecule has 3 aromatic heterocycles. The number of amides is 1. The first kappa shape index (κ1) is 15.8. The van der Waals surface area contributed by atoms with Crippen LogP contribution >= 0.6 is 11.5 Å². The molecule has 122 valence electrons. The van der Waals surface area contributed by atoms with Gasteiger partial charge in [-0.15, -0.1) is 0 Å². The predicted octanol–water partition coefficient (Wildman–Crippen LogP) is 2.10. The first-order valence-electron chi connectivity index (χ1n) is 7.01. The standard InChI is InChI=1S/C14H11N5OS.CH2O2/c20-11-5-9(8-6-16-21-7-8)12-13(18-19-14(12)17-11)10-3-1-2-4-15-10;2-1-3/h1-4,6-7,9H,5H2,(H2,17,18,19,20);1H,(H,2,3). The van der Waals surface area contributed by atoms with Gasteiger partial charge in [-0.3, -0.25) is 19.7 Å². The minimum absolute atomic E-state index is 0.0298. The van der Waals surface area contributed by atoms with Gasteiger partial charge in [0.15, 0.2) is 5.82 Å². The number of carbonyl (C=O) groups excluding carboxylic acids is 1. The number of hydrogen-bond acceptors (Lipinski definition) is 6. The quantitative estimate of drug-likeness (QED) is 0.613. The number of carbonyl (C=O) groups is 2. The summed E-state index contributed by atoms with van der Waals surface area (Å²) in [6.45, 7) is -0.250. The van der Waals surface area contributed by atoms with Crippen molar-refractivity contribution in [2.45, 2.75) is 12.3 Å². The SMILES string of the molecule is O=C1CC(c2cnsc2)c2c(n[nH]c2-c2ccccn2)N1.O=CO. The van der Waals surface area contributed by atoms with Crippen LogP contribution in [0.2, 0.25) is 0 Å². The number of nitrogens with zero attached hydrogens (tertiary/aromatic N) is 3. The van der Waals surface area contributed by atoms with Gasteiger partial charge in [0.1, 0.15) is 0 Å². The zero-order valence-electron chi connectivity index (χ0n) is 12.3. The Morgan fingerprint density at radius 1 is 1.38 bits per heavy atom. The van der Waals surface area contributed by atoms with E-state index in [1.165, 1.54) is 11.5 Å². The van der Waals surface area contributed by atoms with E-state index in [1.54, 1.807) is 6.20 Å². The predicted molar refractivity (Wildman–Crippen MR) is 87.7 cm³/mol. The molecule has 0 spiro atoms. The van der Waals surface area contributed by atoms with Gasteiger partial charge in [-0.2, -0.15) is 5.10 Å². The second-order valence-corrected chi connectivity index (χ2v) is 5.60. The molecule has 3 N–H and O–H groups in total. The van der Waals surface area contributed by atoms with Gasteiger partial charge in [-0.25, -0.2) is 4.37 Å². The lowest BCUT2D eigenvalue weighted by Gasteiger charge is -2.21. The molecule has 1 atom stereocenters. The number of pyridine rings is 1. The van der Waals surface area contributed by atoms with E-state index in [1.807, 2.05) is 29.8 Å². The number of aromatic nitrogens is 4. The van der Waals surface area contributed by atoms with Crippen LogP contribution in [0.4, 0.5) is 5.82 Å². The molecule has 24 heavy (non-hydrogen) atoms. The maximum absolute atomic E-state index is 11.9. The van der Waals surface area contributed by atoms with Crippen molar-refractivity contribution in [3.05, 3.63) is 47.1 Å². The van der Waals surface area contributed by atoms with Crippen molar-refractivity contribution in [2.24, 2.45) is 0 Å². The van der Waals surface area contributed by atoms with Crippen molar-refractivity contribution in [3.8, 4) is 11.4 Å². The summed E-state index contributed by atoms with van der Waals surface area (Å²) in [7, 11) is 0. The van der Waals surface area contributed by atoms with Crippen LogP contribution in [0.25, 0.3) is 11.4 Å². The van der Waals surface area contributed by atoms with E-state index in [2.05, 4.69) is 24.9 Å². The molecular formula is C15H13N5O3S. The lowest BCUT2D eigenvalue weighted by Crippen LogP contribution is -2.23. The number of nitrogens with one attached hydrogen (secondary N) is 2. The largest absolute Gasteiger partial charge is 0.483 e. The third kappa shape index (κ3) is 3.01. The number of fused-ring (bicyclic) bond motifs is 1. The molecule has 1 aliphatic heterocycles. The molecule has 0 saturated carbocycles. The first-order chi connectivity index (χ1) is 11.7. The molecule has 1 amide bonds. The van der Waals surface area contributed by atoms with Crippen molar-refractivity contribution in [2.75, 3.05) is 5.32 Å². The van der Waals surface area contributed by atoms with E-state index in [0.717, 1.165) is 22.5 Å². The molecule has 0 bridgehead atoms. The third-order valence-electron chi connectivity index (χ3n) is 3.57. The Kier molecular flexibility index (Phi) is 4.62. The normalized spacial score (nSPS) is 15.7. The Morgan fingerprint density at radius 2 is 2.21 bits per heavy atom. The Labute approximate surface area is 140 Å². The van der Waals surface area contributed by atoms with Crippen LogP contribution in [0.5, 0.6) is 0 Å². The van der Waals surface area contributed by atoms with Crippen molar-refractivity contribution in [3.63, 3.8) is 0 Å². The van der Waals surface area contributed by atoms with E-state index in [0.29, 0.717) is 12.2 Å². The molecular weight excluding hydrogens is 330 g/mol. The topological polar surface area (TPSA) is 121 Å². The van der Waals surface area contributed by atoms with E-state index in [4.69, 9.17) is 9.90 Å². The lowest BCUT2D eigenvalue weighted by molar-refractivity contribution is -0.123. The van der Waals surface area contributed by atoms with Crippen LogP contribution < -0.4 is 5.32 Å². The van der Waals surface area contributed by atoms with E-state index in [-0.39, 0.29) is 18.3 Å². The minimum atomic E-state index is -0.250. The van der Waals surface area contributed by atoms with Crippen molar-refractivity contribution >= 4 is 29.7 Å². The lowest BCUT2D eigenvalue weighted by atomic mass is 9.87. The number of rotatable bonds is 2. The summed E-state index contributed by atoms with van der Waals surface area (Å²) < 4.78 is 4.15. The van der Waals surface area contributed by atoms with Gasteiger partial charge >= 0.3 is 0 Å². The average molecular weight is 343 g/mol. The highest BCUT2D eigenvalue weighted by Gasteiger charge is 2.32. The molecule has 0 saturated heterocycles. The Hall–Kier alpha value is -3.07. The summed E-state index contributed by atoms with van der Waals surface area (Å²) in [5.74, 6) is 0.518. The fourth-order valence-corrected chi connectivity index (χ4v) is 3.22. The molecule has 0 aromatic carbocycles. The fourth-order valence-electron chi connectivity index (χ4n) is 2.63. The van der Waals surface area contributed by atoms with Crippen LogP contribution in [0, 0.1) is 0 Å². The van der Waals surface area contributed by atoms with Gasteiger partial charge in [0.05, 0.1) is 11.4 Å². The number of aromatic amines is 1. The van der Waals surface area contributed by atoms with Crippen molar-refractivity contribution < 1.29 is 14.7 Å². The number of H-pyrrole nitrogens is 1. The molecule has 8 nitrogen and oxygen atoms in total. The third-order valence-corrected chi connectivity index (χ3v) is 4.18. The minimum Gasteiger partial charge on any atom is -0.483 e. The summed E-state index contributed by atoms with van der Waals surface area (Å²) in [6, 6.07) is 5.72. The fraction of sp³-hybridized carbons (Fsp3) is 0.133. The number of hydrogen-bond donors (Lipinski definition) is 3. The van der Waals surface area contributed by atoms with Crippen LogP contribution in [0.3, 0.4) is 0 Å². The van der Waals surface area contributed by atoms with Crippen molar-refractivity contribution in [1.82, 2.24) is 19.6 Å². The molecule has 4 heterocycles.